The molecular weight excluding hydrogens is 308 g/mol. The SMILES string of the molecule is CCCCCCCCCCCCCSc1nc2cscc2[nH]1. The minimum absolute atomic E-state index is 1.09. The zero-order valence-corrected chi connectivity index (χ0v) is 15.5. The van der Waals surface area contributed by atoms with E-state index < -0.39 is 0 Å². The van der Waals surface area contributed by atoms with Crippen molar-refractivity contribution in [3.8, 4) is 0 Å². The molecule has 0 aliphatic carbocycles. The van der Waals surface area contributed by atoms with Crippen LogP contribution in [0, 0.1) is 0 Å². The first-order valence-corrected chi connectivity index (χ1v) is 10.9. The van der Waals surface area contributed by atoms with Crippen molar-refractivity contribution >= 4 is 34.1 Å². The van der Waals surface area contributed by atoms with Crippen molar-refractivity contribution in [3.05, 3.63) is 10.8 Å². The zero-order valence-electron chi connectivity index (χ0n) is 13.9. The zero-order chi connectivity index (χ0) is 15.5. The van der Waals surface area contributed by atoms with Gasteiger partial charge in [0.05, 0.1) is 5.52 Å². The number of aromatic nitrogens is 2. The standard InChI is InChI=1S/C18H30N2S2/c1-2-3-4-5-6-7-8-9-10-11-12-13-22-18-19-16-14-21-15-17(16)20-18/h14-15H,2-13H2,1H3,(H,19,20). The fraction of sp³-hybridized carbons (Fsp3) is 0.722. The number of nitrogens with zero attached hydrogens (tertiary/aromatic N) is 1. The van der Waals surface area contributed by atoms with Gasteiger partial charge >= 0.3 is 0 Å². The second-order valence-electron chi connectivity index (χ2n) is 6.10. The molecule has 0 atom stereocenters. The van der Waals surface area contributed by atoms with Crippen LogP contribution < -0.4 is 0 Å². The fourth-order valence-electron chi connectivity index (χ4n) is 2.73. The molecule has 0 radical (unpaired) electrons. The summed E-state index contributed by atoms with van der Waals surface area (Å²) in [6, 6.07) is 0. The summed E-state index contributed by atoms with van der Waals surface area (Å²) < 4.78 is 0. The van der Waals surface area contributed by atoms with E-state index in [1.165, 1.54) is 81.9 Å². The Hall–Kier alpha value is -0.480. The summed E-state index contributed by atoms with van der Waals surface area (Å²) in [5.74, 6) is 1.19. The number of aromatic amines is 1. The molecule has 0 spiro atoms. The number of rotatable bonds is 13. The number of hydrogen-bond donors (Lipinski definition) is 1. The van der Waals surface area contributed by atoms with E-state index in [1.807, 2.05) is 11.8 Å². The highest BCUT2D eigenvalue weighted by Gasteiger charge is 2.03. The van der Waals surface area contributed by atoms with E-state index in [2.05, 4.69) is 27.7 Å². The maximum absolute atomic E-state index is 4.58. The van der Waals surface area contributed by atoms with E-state index in [0.717, 1.165) is 10.7 Å². The number of H-pyrrole nitrogens is 1. The lowest BCUT2D eigenvalue weighted by atomic mass is 10.1. The van der Waals surface area contributed by atoms with E-state index in [0.29, 0.717) is 0 Å². The monoisotopic (exact) mass is 338 g/mol. The Morgan fingerprint density at radius 2 is 1.55 bits per heavy atom. The van der Waals surface area contributed by atoms with E-state index in [4.69, 9.17) is 0 Å². The molecule has 0 unspecified atom stereocenters. The Labute approximate surface area is 143 Å². The molecule has 2 rings (SSSR count). The minimum atomic E-state index is 1.09. The highest BCUT2D eigenvalue weighted by Crippen LogP contribution is 2.23. The largest absolute Gasteiger partial charge is 0.332 e. The summed E-state index contributed by atoms with van der Waals surface area (Å²) in [6.07, 6.45) is 15.5. The van der Waals surface area contributed by atoms with Crippen LogP contribution in [0.25, 0.3) is 11.0 Å². The first-order valence-electron chi connectivity index (χ1n) is 8.95. The number of fused-ring (bicyclic) bond motifs is 1. The Morgan fingerprint density at radius 1 is 0.909 bits per heavy atom. The molecule has 0 aliphatic rings. The lowest BCUT2D eigenvalue weighted by Gasteiger charge is -2.02. The van der Waals surface area contributed by atoms with Gasteiger partial charge in [-0.3, -0.25) is 0 Å². The molecule has 0 bridgehead atoms. The second kappa shape index (κ2) is 11.1. The number of thioether (sulfide) groups is 1. The molecule has 0 amide bonds. The molecular formula is C18H30N2S2. The van der Waals surface area contributed by atoms with Crippen molar-refractivity contribution in [2.24, 2.45) is 0 Å². The first kappa shape index (κ1) is 17.9. The summed E-state index contributed by atoms with van der Waals surface area (Å²) >= 11 is 3.58. The van der Waals surface area contributed by atoms with Gasteiger partial charge in [0.15, 0.2) is 5.16 Å². The maximum Gasteiger partial charge on any atom is 0.166 e. The van der Waals surface area contributed by atoms with E-state index in [-0.39, 0.29) is 0 Å². The number of thiophene rings is 1. The quantitative estimate of drug-likeness (QED) is 0.314. The lowest BCUT2D eigenvalue weighted by Crippen LogP contribution is -1.85. The van der Waals surface area contributed by atoms with Crippen molar-refractivity contribution in [1.29, 1.82) is 0 Å². The van der Waals surface area contributed by atoms with Crippen LogP contribution in [0.15, 0.2) is 15.9 Å². The van der Waals surface area contributed by atoms with Crippen LogP contribution in [-0.2, 0) is 0 Å². The first-order chi connectivity index (χ1) is 10.9. The summed E-state index contributed by atoms with van der Waals surface area (Å²) in [6.45, 7) is 2.28. The number of imidazole rings is 1. The molecule has 4 heteroatoms. The Bertz CT molecular complexity index is 475. The third kappa shape index (κ3) is 6.74. The molecule has 124 valence electrons. The Kier molecular flexibility index (Phi) is 9.03. The normalized spacial score (nSPS) is 11.5. The molecule has 0 aromatic carbocycles. The molecule has 2 heterocycles. The van der Waals surface area contributed by atoms with Gasteiger partial charge in [0.2, 0.25) is 0 Å². The summed E-state index contributed by atoms with van der Waals surface area (Å²) in [5.41, 5.74) is 2.30. The molecule has 2 nitrogen and oxygen atoms in total. The van der Waals surface area contributed by atoms with Crippen LogP contribution in [0.3, 0.4) is 0 Å². The van der Waals surface area contributed by atoms with Gasteiger partial charge in [0.25, 0.3) is 0 Å². The predicted molar refractivity (Wildman–Crippen MR) is 101 cm³/mol. The van der Waals surface area contributed by atoms with Crippen molar-refractivity contribution < 1.29 is 0 Å². The molecule has 0 fully saturated rings. The average Bonchev–Trinajstić information content (AvgIpc) is 3.09. The van der Waals surface area contributed by atoms with Crippen molar-refractivity contribution in [1.82, 2.24) is 9.97 Å². The summed E-state index contributed by atoms with van der Waals surface area (Å²) in [5, 5.41) is 5.33. The van der Waals surface area contributed by atoms with Gasteiger partial charge in [0.1, 0.15) is 5.52 Å². The second-order valence-corrected chi connectivity index (χ2v) is 7.92. The van der Waals surface area contributed by atoms with E-state index >= 15 is 0 Å². The molecule has 22 heavy (non-hydrogen) atoms. The minimum Gasteiger partial charge on any atom is -0.332 e. The topological polar surface area (TPSA) is 28.7 Å². The third-order valence-corrected chi connectivity index (χ3v) is 5.78. The fourth-order valence-corrected chi connectivity index (χ4v) is 4.31. The Morgan fingerprint density at radius 3 is 2.18 bits per heavy atom. The number of hydrogen-bond acceptors (Lipinski definition) is 3. The molecule has 0 aliphatic heterocycles. The van der Waals surface area contributed by atoms with Crippen LogP contribution in [-0.4, -0.2) is 15.7 Å². The van der Waals surface area contributed by atoms with Gasteiger partial charge in [-0.2, -0.15) is 0 Å². The predicted octanol–water partition coefficient (Wildman–Crippen LogP) is 7.03. The molecule has 0 saturated heterocycles. The van der Waals surface area contributed by atoms with Crippen LogP contribution in [0.1, 0.15) is 77.6 Å². The van der Waals surface area contributed by atoms with Gasteiger partial charge in [-0.05, 0) is 6.42 Å². The third-order valence-electron chi connectivity index (χ3n) is 4.09. The van der Waals surface area contributed by atoms with Gasteiger partial charge in [0, 0.05) is 16.5 Å². The number of nitrogens with one attached hydrogen (secondary N) is 1. The molecule has 1 N–H and O–H groups in total. The molecule has 2 aromatic rings. The van der Waals surface area contributed by atoms with Crippen molar-refractivity contribution in [2.75, 3.05) is 5.75 Å². The van der Waals surface area contributed by atoms with Crippen molar-refractivity contribution in [3.63, 3.8) is 0 Å². The van der Waals surface area contributed by atoms with Crippen molar-refractivity contribution in [2.45, 2.75) is 82.7 Å². The van der Waals surface area contributed by atoms with Crippen LogP contribution in [0.2, 0.25) is 0 Å². The van der Waals surface area contributed by atoms with Crippen LogP contribution in [0.5, 0.6) is 0 Å². The van der Waals surface area contributed by atoms with E-state index in [9.17, 15) is 0 Å². The van der Waals surface area contributed by atoms with Gasteiger partial charge in [-0.15, -0.1) is 11.3 Å². The lowest BCUT2D eigenvalue weighted by molar-refractivity contribution is 0.555. The van der Waals surface area contributed by atoms with Gasteiger partial charge < -0.3 is 4.98 Å². The smallest absolute Gasteiger partial charge is 0.166 e. The highest BCUT2D eigenvalue weighted by molar-refractivity contribution is 7.99. The number of unbranched alkanes of at least 4 members (excludes halogenated alkanes) is 10. The highest BCUT2D eigenvalue weighted by atomic mass is 32.2. The molecule has 2 aromatic heterocycles. The summed E-state index contributed by atoms with van der Waals surface area (Å²) in [7, 11) is 0. The summed E-state index contributed by atoms with van der Waals surface area (Å²) in [4.78, 5) is 7.96. The maximum atomic E-state index is 4.58. The van der Waals surface area contributed by atoms with Gasteiger partial charge in [-0.25, -0.2) is 4.98 Å². The van der Waals surface area contributed by atoms with E-state index in [1.54, 1.807) is 11.3 Å². The van der Waals surface area contributed by atoms with Gasteiger partial charge in [-0.1, -0.05) is 82.9 Å². The average molecular weight is 339 g/mol. The van der Waals surface area contributed by atoms with Crippen LogP contribution in [0.4, 0.5) is 0 Å². The van der Waals surface area contributed by atoms with Crippen LogP contribution >= 0.6 is 23.1 Å². The molecule has 0 saturated carbocycles. The Balaban J connectivity index is 1.38.